The molecule has 3 rings (SSSR count). The zero-order chi connectivity index (χ0) is 19.8. The molecule has 0 saturated carbocycles. The minimum absolute atomic E-state index is 0.0324. The summed E-state index contributed by atoms with van der Waals surface area (Å²) in [5.41, 5.74) is 1.96. The Balaban J connectivity index is 1.44. The van der Waals surface area contributed by atoms with Crippen LogP contribution < -0.4 is 19.7 Å². The molecule has 6 nitrogen and oxygen atoms in total. The van der Waals surface area contributed by atoms with Crippen LogP contribution in [-0.2, 0) is 4.79 Å². The molecule has 1 fully saturated rings. The molecule has 0 bridgehead atoms. The van der Waals surface area contributed by atoms with Crippen LogP contribution in [0.25, 0.3) is 0 Å². The van der Waals surface area contributed by atoms with E-state index in [-0.39, 0.29) is 12.5 Å². The lowest BCUT2D eigenvalue weighted by atomic mass is 10.2. The number of likely N-dealkylation sites (N-methyl/N-ethyl adjacent to an activating group) is 1. The van der Waals surface area contributed by atoms with Gasteiger partial charge in [-0.1, -0.05) is 6.92 Å². The third-order valence-electron chi connectivity index (χ3n) is 4.69. The van der Waals surface area contributed by atoms with Crippen LogP contribution in [-0.4, -0.2) is 57.2 Å². The monoisotopic (exact) mass is 383 g/mol. The molecule has 2 aromatic carbocycles. The molecular formula is C22H29N3O3. The van der Waals surface area contributed by atoms with E-state index < -0.39 is 0 Å². The summed E-state index contributed by atoms with van der Waals surface area (Å²) in [6.45, 7) is 6.92. The maximum atomic E-state index is 12.1. The minimum Gasteiger partial charge on any atom is -0.494 e. The Kier molecular flexibility index (Phi) is 7.14. The first-order valence-electron chi connectivity index (χ1n) is 9.83. The fourth-order valence-corrected chi connectivity index (χ4v) is 3.02. The highest BCUT2D eigenvalue weighted by Crippen LogP contribution is 2.20. The number of nitrogens with zero attached hydrogens (tertiary/aromatic N) is 2. The third-order valence-corrected chi connectivity index (χ3v) is 4.69. The summed E-state index contributed by atoms with van der Waals surface area (Å²) in [7, 11) is 2.15. The van der Waals surface area contributed by atoms with Crippen molar-refractivity contribution in [3.63, 3.8) is 0 Å². The summed E-state index contributed by atoms with van der Waals surface area (Å²) in [5.74, 6) is 1.27. The fraction of sp³-hybridized carbons (Fsp3) is 0.409. The number of hydrogen-bond donors (Lipinski definition) is 1. The molecule has 6 heteroatoms. The average Bonchev–Trinajstić information content (AvgIpc) is 2.73. The summed E-state index contributed by atoms with van der Waals surface area (Å²) in [5, 5.41) is 2.87. The number of nitrogens with one attached hydrogen (secondary N) is 1. The van der Waals surface area contributed by atoms with E-state index >= 15 is 0 Å². The van der Waals surface area contributed by atoms with Crippen molar-refractivity contribution in [2.75, 3.05) is 56.7 Å². The van der Waals surface area contributed by atoms with E-state index in [0.717, 1.165) is 44.0 Å². The Labute approximate surface area is 167 Å². The maximum Gasteiger partial charge on any atom is 0.262 e. The maximum absolute atomic E-state index is 12.1. The van der Waals surface area contributed by atoms with Crippen molar-refractivity contribution < 1.29 is 14.3 Å². The summed E-state index contributed by atoms with van der Waals surface area (Å²) in [6.07, 6.45) is 0.967. The van der Waals surface area contributed by atoms with Crippen molar-refractivity contribution in [2.24, 2.45) is 0 Å². The molecule has 1 saturated heterocycles. The van der Waals surface area contributed by atoms with Gasteiger partial charge in [-0.3, -0.25) is 4.79 Å². The standard InChI is InChI=1S/C22H29N3O3/c1-3-16-27-20-8-10-21(11-9-20)28-17-22(26)23-18-4-6-19(7-5-18)25-14-12-24(2)13-15-25/h4-11H,3,12-17H2,1-2H3,(H,23,26). The van der Waals surface area contributed by atoms with E-state index in [9.17, 15) is 4.79 Å². The first kappa shape index (κ1) is 20.0. The molecule has 1 N–H and O–H groups in total. The molecule has 1 aliphatic heterocycles. The lowest BCUT2D eigenvalue weighted by molar-refractivity contribution is -0.118. The molecular weight excluding hydrogens is 354 g/mol. The van der Waals surface area contributed by atoms with Gasteiger partial charge < -0.3 is 24.6 Å². The number of carbonyl (C=O) groups excluding carboxylic acids is 1. The summed E-state index contributed by atoms with van der Waals surface area (Å²) >= 11 is 0. The van der Waals surface area contributed by atoms with Crippen molar-refractivity contribution in [3.8, 4) is 11.5 Å². The molecule has 0 aromatic heterocycles. The Morgan fingerprint density at radius 1 is 0.929 bits per heavy atom. The average molecular weight is 383 g/mol. The van der Waals surface area contributed by atoms with Gasteiger partial charge in [0.15, 0.2) is 6.61 Å². The fourth-order valence-electron chi connectivity index (χ4n) is 3.02. The predicted octanol–water partition coefficient (Wildman–Crippen LogP) is 3.24. The largest absolute Gasteiger partial charge is 0.494 e. The number of anilines is 2. The van der Waals surface area contributed by atoms with Crippen molar-refractivity contribution in [1.29, 1.82) is 0 Å². The molecule has 0 aliphatic carbocycles. The van der Waals surface area contributed by atoms with Gasteiger partial charge in [-0.25, -0.2) is 0 Å². The Bertz CT molecular complexity index is 739. The first-order valence-corrected chi connectivity index (χ1v) is 9.83. The molecule has 0 unspecified atom stereocenters. The quantitative estimate of drug-likeness (QED) is 0.758. The van der Waals surface area contributed by atoms with Crippen LogP contribution in [0.4, 0.5) is 11.4 Å². The molecule has 2 aromatic rings. The minimum atomic E-state index is -0.182. The summed E-state index contributed by atoms with van der Waals surface area (Å²) < 4.78 is 11.1. The molecule has 1 heterocycles. The number of amides is 1. The van der Waals surface area contributed by atoms with Gasteiger partial charge in [-0.15, -0.1) is 0 Å². The smallest absolute Gasteiger partial charge is 0.262 e. The molecule has 0 atom stereocenters. The number of carbonyl (C=O) groups is 1. The van der Waals surface area contributed by atoms with Gasteiger partial charge in [-0.05, 0) is 62.0 Å². The van der Waals surface area contributed by atoms with Crippen LogP contribution in [0.15, 0.2) is 48.5 Å². The van der Waals surface area contributed by atoms with Gasteiger partial charge in [0.05, 0.1) is 6.61 Å². The van der Waals surface area contributed by atoms with Gasteiger partial charge in [0.1, 0.15) is 11.5 Å². The second-order valence-corrected chi connectivity index (χ2v) is 6.99. The zero-order valence-electron chi connectivity index (χ0n) is 16.7. The van der Waals surface area contributed by atoms with Crippen molar-refractivity contribution in [1.82, 2.24) is 4.90 Å². The third kappa shape index (κ3) is 5.89. The van der Waals surface area contributed by atoms with Crippen LogP contribution in [0.1, 0.15) is 13.3 Å². The molecule has 1 aliphatic rings. The lowest BCUT2D eigenvalue weighted by Gasteiger charge is -2.34. The van der Waals surface area contributed by atoms with E-state index in [2.05, 4.69) is 41.2 Å². The number of ether oxygens (including phenoxy) is 2. The van der Waals surface area contributed by atoms with Crippen LogP contribution in [0.2, 0.25) is 0 Å². The molecule has 1 amide bonds. The highest BCUT2D eigenvalue weighted by molar-refractivity contribution is 5.92. The van der Waals surface area contributed by atoms with Crippen LogP contribution >= 0.6 is 0 Å². The Morgan fingerprint density at radius 3 is 2.14 bits per heavy atom. The predicted molar refractivity (Wildman–Crippen MR) is 113 cm³/mol. The van der Waals surface area contributed by atoms with E-state index in [1.165, 1.54) is 5.69 Å². The van der Waals surface area contributed by atoms with Gasteiger partial charge in [0, 0.05) is 37.6 Å². The van der Waals surface area contributed by atoms with E-state index in [1.807, 2.05) is 36.4 Å². The van der Waals surface area contributed by atoms with Gasteiger partial charge >= 0.3 is 0 Å². The molecule has 150 valence electrons. The highest BCUT2D eigenvalue weighted by Gasteiger charge is 2.14. The second-order valence-electron chi connectivity index (χ2n) is 6.99. The second kappa shape index (κ2) is 9.99. The molecule has 28 heavy (non-hydrogen) atoms. The number of hydrogen-bond acceptors (Lipinski definition) is 5. The van der Waals surface area contributed by atoms with Crippen molar-refractivity contribution in [3.05, 3.63) is 48.5 Å². The lowest BCUT2D eigenvalue weighted by Crippen LogP contribution is -2.44. The van der Waals surface area contributed by atoms with Crippen LogP contribution in [0.3, 0.4) is 0 Å². The number of benzene rings is 2. The topological polar surface area (TPSA) is 54.0 Å². The highest BCUT2D eigenvalue weighted by atomic mass is 16.5. The van der Waals surface area contributed by atoms with E-state index in [4.69, 9.17) is 9.47 Å². The van der Waals surface area contributed by atoms with Crippen LogP contribution in [0, 0.1) is 0 Å². The number of rotatable bonds is 8. The van der Waals surface area contributed by atoms with Crippen LogP contribution in [0.5, 0.6) is 11.5 Å². The summed E-state index contributed by atoms with van der Waals surface area (Å²) in [6, 6.07) is 15.3. The van der Waals surface area contributed by atoms with E-state index in [0.29, 0.717) is 12.4 Å². The molecule has 0 radical (unpaired) electrons. The van der Waals surface area contributed by atoms with Crippen molar-refractivity contribution >= 4 is 17.3 Å². The zero-order valence-corrected chi connectivity index (χ0v) is 16.7. The SMILES string of the molecule is CCCOc1ccc(OCC(=O)Nc2ccc(N3CCN(C)CC3)cc2)cc1. The van der Waals surface area contributed by atoms with Gasteiger partial charge in [0.25, 0.3) is 5.91 Å². The summed E-state index contributed by atoms with van der Waals surface area (Å²) in [4.78, 5) is 16.8. The Morgan fingerprint density at radius 2 is 1.54 bits per heavy atom. The van der Waals surface area contributed by atoms with Gasteiger partial charge in [-0.2, -0.15) is 0 Å². The van der Waals surface area contributed by atoms with Gasteiger partial charge in [0.2, 0.25) is 0 Å². The first-order chi connectivity index (χ1) is 13.6. The number of piperazine rings is 1. The van der Waals surface area contributed by atoms with Crippen molar-refractivity contribution in [2.45, 2.75) is 13.3 Å². The molecule has 0 spiro atoms. The normalized spacial score (nSPS) is 14.6. The van der Waals surface area contributed by atoms with E-state index in [1.54, 1.807) is 0 Å². The Hall–Kier alpha value is -2.73.